The highest BCUT2D eigenvalue weighted by molar-refractivity contribution is 6.07. The molecular formula is C20H15F3O5. The van der Waals surface area contributed by atoms with Gasteiger partial charge in [-0.05, 0) is 31.2 Å². The topological polar surface area (TPSA) is 65.7 Å². The molecule has 1 heterocycles. The van der Waals surface area contributed by atoms with E-state index in [9.17, 15) is 22.8 Å². The summed E-state index contributed by atoms with van der Waals surface area (Å²) in [6.07, 6.45) is -4.89. The summed E-state index contributed by atoms with van der Waals surface area (Å²) in [5.74, 6) is -1.99. The second kappa shape index (κ2) is 7.03. The maximum atomic E-state index is 13.7. The first kappa shape index (κ1) is 19.5. The summed E-state index contributed by atoms with van der Waals surface area (Å²) in [7, 11) is 0. The van der Waals surface area contributed by atoms with Crippen LogP contribution < -0.4 is 9.47 Å². The number of hydrogen-bond donors (Lipinski definition) is 0. The van der Waals surface area contributed by atoms with Crippen molar-refractivity contribution in [3.05, 3.63) is 48.0 Å². The van der Waals surface area contributed by atoms with E-state index in [1.807, 2.05) is 0 Å². The third-order valence-corrected chi connectivity index (χ3v) is 3.93. The number of carbonyl (C=O) groups excluding carboxylic acids is 2. The average molecular weight is 392 g/mol. The van der Waals surface area contributed by atoms with Crippen LogP contribution in [0.1, 0.15) is 25.8 Å². The van der Waals surface area contributed by atoms with E-state index in [0.717, 1.165) is 6.07 Å². The lowest BCUT2D eigenvalue weighted by Crippen LogP contribution is -2.13. The second-order valence-electron chi connectivity index (χ2n) is 6.07. The van der Waals surface area contributed by atoms with E-state index in [0.29, 0.717) is 5.39 Å². The molecule has 8 heteroatoms. The predicted octanol–water partition coefficient (Wildman–Crippen LogP) is 5.40. The minimum Gasteiger partial charge on any atom is -0.455 e. The number of rotatable bonds is 4. The van der Waals surface area contributed by atoms with Crippen LogP contribution in [0.3, 0.4) is 0 Å². The van der Waals surface area contributed by atoms with Gasteiger partial charge in [-0.15, -0.1) is 0 Å². The zero-order valence-electron chi connectivity index (χ0n) is 15.0. The van der Waals surface area contributed by atoms with E-state index < -0.39 is 35.0 Å². The van der Waals surface area contributed by atoms with Gasteiger partial charge in [0.1, 0.15) is 22.6 Å². The lowest BCUT2D eigenvalue weighted by Gasteiger charge is -2.12. The molecule has 5 nitrogen and oxygen atoms in total. The predicted molar refractivity (Wildman–Crippen MR) is 95.1 cm³/mol. The number of carbonyl (C=O) groups is 2. The van der Waals surface area contributed by atoms with Gasteiger partial charge in [0.15, 0.2) is 5.58 Å². The lowest BCUT2D eigenvalue weighted by atomic mass is 10.1. The Labute approximate surface area is 157 Å². The highest BCUT2D eigenvalue weighted by Gasteiger charge is 2.39. The van der Waals surface area contributed by atoms with Crippen molar-refractivity contribution in [3.8, 4) is 11.5 Å². The molecule has 1 aromatic heterocycles. The normalized spacial score (nSPS) is 11.6. The first-order chi connectivity index (χ1) is 13.1. The largest absolute Gasteiger partial charge is 0.455 e. The van der Waals surface area contributed by atoms with Crippen LogP contribution in [-0.4, -0.2) is 11.9 Å². The Kier molecular flexibility index (Phi) is 4.89. The molecule has 28 heavy (non-hydrogen) atoms. The molecule has 0 aliphatic carbocycles. The molecular weight excluding hydrogens is 377 g/mol. The molecule has 0 aliphatic heterocycles. The Balaban J connectivity index is 2.19. The molecule has 0 spiro atoms. The summed E-state index contributed by atoms with van der Waals surface area (Å²) >= 11 is 0. The number of fused-ring (bicyclic) bond motifs is 3. The van der Waals surface area contributed by atoms with Crippen molar-refractivity contribution in [3.63, 3.8) is 0 Å². The van der Waals surface area contributed by atoms with Gasteiger partial charge in [0.25, 0.3) is 0 Å². The van der Waals surface area contributed by atoms with Crippen molar-refractivity contribution in [2.45, 2.75) is 26.4 Å². The maximum Gasteiger partial charge on any atom is 0.423 e. The zero-order chi connectivity index (χ0) is 20.6. The van der Waals surface area contributed by atoms with Crippen LogP contribution >= 0.6 is 0 Å². The van der Waals surface area contributed by atoms with Crippen LogP contribution in [0, 0.1) is 0 Å². The average Bonchev–Trinajstić information content (AvgIpc) is 2.97. The van der Waals surface area contributed by atoms with Gasteiger partial charge in [0.2, 0.25) is 0 Å². The molecule has 0 radical (unpaired) electrons. The number of halogens is 3. The lowest BCUT2D eigenvalue weighted by molar-refractivity contribution is -0.141. The summed E-state index contributed by atoms with van der Waals surface area (Å²) < 4.78 is 56.3. The fourth-order valence-electron chi connectivity index (χ4n) is 2.61. The van der Waals surface area contributed by atoms with E-state index in [4.69, 9.17) is 13.9 Å². The minimum atomic E-state index is -4.81. The molecule has 3 rings (SSSR count). The standard InChI is InChI=1S/C20H15F3O5/c1-4-16(24)27-14-8-7-13-12-6-5-11(26-19(25)10(2)3)9-15(12)28-18(13)17(14)20(21,22)23/h5-9H,2,4H2,1,3H3. The van der Waals surface area contributed by atoms with Gasteiger partial charge in [-0.3, -0.25) is 4.79 Å². The van der Waals surface area contributed by atoms with Gasteiger partial charge in [0.05, 0.1) is 0 Å². The molecule has 3 aromatic rings. The molecule has 0 fully saturated rings. The molecule has 0 saturated heterocycles. The van der Waals surface area contributed by atoms with Crippen molar-refractivity contribution in [2.24, 2.45) is 0 Å². The van der Waals surface area contributed by atoms with E-state index in [1.165, 1.54) is 38.1 Å². The van der Waals surface area contributed by atoms with Gasteiger partial charge in [-0.1, -0.05) is 13.5 Å². The van der Waals surface area contributed by atoms with Crippen LogP contribution in [0.2, 0.25) is 0 Å². The number of alkyl halides is 3. The third-order valence-electron chi connectivity index (χ3n) is 3.93. The molecule has 0 atom stereocenters. The van der Waals surface area contributed by atoms with Gasteiger partial charge < -0.3 is 13.9 Å². The number of furan rings is 1. The van der Waals surface area contributed by atoms with E-state index >= 15 is 0 Å². The fourth-order valence-corrected chi connectivity index (χ4v) is 2.61. The molecule has 2 aromatic carbocycles. The van der Waals surface area contributed by atoms with Gasteiger partial charge in [-0.2, -0.15) is 13.2 Å². The van der Waals surface area contributed by atoms with Gasteiger partial charge >= 0.3 is 18.1 Å². The van der Waals surface area contributed by atoms with Crippen molar-refractivity contribution < 1.29 is 36.7 Å². The number of benzene rings is 2. The Morgan fingerprint density at radius 2 is 1.79 bits per heavy atom. The van der Waals surface area contributed by atoms with Crippen molar-refractivity contribution in [1.82, 2.24) is 0 Å². The smallest absolute Gasteiger partial charge is 0.423 e. The van der Waals surface area contributed by atoms with Crippen molar-refractivity contribution >= 4 is 33.9 Å². The fraction of sp³-hybridized carbons (Fsp3) is 0.200. The second-order valence-corrected chi connectivity index (χ2v) is 6.07. The quantitative estimate of drug-likeness (QED) is 0.338. The molecule has 0 saturated carbocycles. The summed E-state index contributed by atoms with van der Waals surface area (Å²) in [6, 6.07) is 6.71. The van der Waals surface area contributed by atoms with Crippen molar-refractivity contribution in [1.29, 1.82) is 0 Å². The number of hydrogen-bond acceptors (Lipinski definition) is 5. The third kappa shape index (κ3) is 3.58. The van der Waals surface area contributed by atoms with Crippen LogP contribution in [0.4, 0.5) is 13.2 Å². The summed E-state index contributed by atoms with van der Waals surface area (Å²) in [6.45, 7) is 6.41. The van der Waals surface area contributed by atoms with Crippen LogP contribution in [0.25, 0.3) is 21.9 Å². The maximum absolute atomic E-state index is 13.7. The number of ether oxygens (including phenoxy) is 2. The van der Waals surface area contributed by atoms with Crippen LogP contribution in [0.15, 0.2) is 46.9 Å². The molecule has 0 aliphatic rings. The van der Waals surface area contributed by atoms with Crippen LogP contribution in [0.5, 0.6) is 11.5 Å². The molecule has 146 valence electrons. The number of esters is 2. The van der Waals surface area contributed by atoms with Gasteiger partial charge in [0, 0.05) is 28.8 Å². The Hall–Kier alpha value is -3.29. The summed E-state index contributed by atoms with van der Waals surface area (Å²) in [5.41, 5.74) is -1.38. The molecule has 0 bridgehead atoms. The zero-order valence-corrected chi connectivity index (χ0v) is 15.0. The highest BCUT2D eigenvalue weighted by Crippen LogP contribution is 2.44. The van der Waals surface area contributed by atoms with E-state index in [-0.39, 0.29) is 28.7 Å². The SMILES string of the molecule is C=C(C)C(=O)Oc1ccc2c(c1)oc1c(C(F)(F)F)c(OC(=O)CC)ccc12. The first-order valence-electron chi connectivity index (χ1n) is 8.26. The summed E-state index contributed by atoms with van der Waals surface area (Å²) in [4.78, 5) is 23.1. The van der Waals surface area contributed by atoms with Gasteiger partial charge in [-0.25, -0.2) is 4.79 Å². The molecule has 0 N–H and O–H groups in total. The molecule has 0 unspecified atom stereocenters. The molecule has 0 amide bonds. The first-order valence-corrected chi connectivity index (χ1v) is 8.26. The minimum absolute atomic E-state index is 0.0765. The van der Waals surface area contributed by atoms with Crippen LogP contribution in [-0.2, 0) is 15.8 Å². The Morgan fingerprint density at radius 1 is 1.11 bits per heavy atom. The summed E-state index contributed by atoms with van der Waals surface area (Å²) in [5, 5.41) is 0.584. The monoisotopic (exact) mass is 392 g/mol. The highest BCUT2D eigenvalue weighted by atomic mass is 19.4. The van der Waals surface area contributed by atoms with Crippen molar-refractivity contribution in [2.75, 3.05) is 0 Å². The van der Waals surface area contributed by atoms with E-state index in [2.05, 4.69) is 6.58 Å². The Bertz CT molecular complexity index is 1110. The Morgan fingerprint density at radius 3 is 2.39 bits per heavy atom. The van der Waals surface area contributed by atoms with E-state index in [1.54, 1.807) is 0 Å².